The van der Waals surface area contributed by atoms with Crippen molar-refractivity contribution < 1.29 is 10.2 Å². The maximum absolute atomic E-state index is 10.3. The predicted octanol–water partition coefficient (Wildman–Crippen LogP) is 5.52. The van der Waals surface area contributed by atoms with Gasteiger partial charge in [-0.15, -0.1) is 0 Å². The Morgan fingerprint density at radius 2 is 1.95 bits per heavy atom. The van der Waals surface area contributed by atoms with Crippen LogP contribution < -0.4 is 0 Å². The van der Waals surface area contributed by atoms with Crippen molar-refractivity contribution in [2.45, 2.75) is 71.6 Å². The number of rotatable bonds is 4. The third-order valence-electron chi connectivity index (χ3n) is 4.73. The van der Waals surface area contributed by atoms with Gasteiger partial charge < -0.3 is 10.2 Å². The van der Waals surface area contributed by atoms with Gasteiger partial charge in [-0.3, -0.25) is 0 Å². The van der Waals surface area contributed by atoms with E-state index in [-0.39, 0.29) is 11.5 Å². The topological polar surface area (TPSA) is 40.5 Å². The average Bonchev–Trinajstić information content (AvgIpc) is 2.42. The van der Waals surface area contributed by atoms with Crippen LogP contribution in [-0.2, 0) is 0 Å². The number of benzene rings is 1. The van der Waals surface area contributed by atoms with E-state index < -0.39 is 0 Å². The van der Waals surface area contributed by atoms with Crippen LogP contribution in [0.3, 0.4) is 0 Å². The summed E-state index contributed by atoms with van der Waals surface area (Å²) in [6, 6.07) is 2.09. The molecule has 0 amide bonds. The van der Waals surface area contributed by atoms with Crippen molar-refractivity contribution >= 4 is 0 Å². The van der Waals surface area contributed by atoms with Gasteiger partial charge in [-0.1, -0.05) is 24.6 Å². The van der Waals surface area contributed by atoms with Gasteiger partial charge in [0.1, 0.15) is 0 Å². The van der Waals surface area contributed by atoms with Crippen molar-refractivity contribution in [3.63, 3.8) is 0 Å². The average molecular weight is 288 g/mol. The van der Waals surface area contributed by atoms with Crippen molar-refractivity contribution in [1.29, 1.82) is 0 Å². The first-order valence-electron chi connectivity index (χ1n) is 8.10. The van der Waals surface area contributed by atoms with Gasteiger partial charge in [0.05, 0.1) is 0 Å². The highest BCUT2D eigenvalue weighted by atomic mass is 16.3. The number of hydrogen-bond donors (Lipinski definition) is 2. The van der Waals surface area contributed by atoms with Crippen molar-refractivity contribution in [2.24, 2.45) is 0 Å². The summed E-state index contributed by atoms with van der Waals surface area (Å²) in [5.74, 6) is 1.03. The van der Waals surface area contributed by atoms with Crippen LogP contribution in [0.15, 0.2) is 17.7 Å². The van der Waals surface area contributed by atoms with Gasteiger partial charge >= 0.3 is 0 Å². The molecule has 1 aliphatic carbocycles. The van der Waals surface area contributed by atoms with E-state index in [9.17, 15) is 10.2 Å². The fourth-order valence-corrected chi connectivity index (χ4v) is 3.49. The number of fused-ring (bicyclic) bond motifs is 1. The molecule has 2 heteroatoms. The molecule has 0 aromatic heterocycles. The number of hydrogen-bond acceptors (Lipinski definition) is 2. The predicted molar refractivity (Wildman–Crippen MR) is 88.2 cm³/mol. The van der Waals surface area contributed by atoms with E-state index in [0.29, 0.717) is 11.8 Å². The maximum atomic E-state index is 10.3. The summed E-state index contributed by atoms with van der Waals surface area (Å²) in [5.41, 5.74) is 4.41. The van der Waals surface area contributed by atoms with Crippen LogP contribution in [0.2, 0.25) is 0 Å². The van der Waals surface area contributed by atoms with E-state index in [4.69, 9.17) is 0 Å². The summed E-state index contributed by atoms with van der Waals surface area (Å²) in [6.07, 6.45) is 8.05. The molecule has 0 saturated carbocycles. The zero-order valence-corrected chi connectivity index (χ0v) is 13.7. The molecule has 2 atom stereocenters. The molecule has 1 aliphatic rings. The van der Waals surface area contributed by atoms with Crippen molar-refractivity contribution in [2.75, 3.05) is 0 Å². The van der Waals surface area contributed by atoms with Gasteiger partial charge in [0, 0.05) is 5.56 Å². The molecule has 1 aromatic carbocycles. The second kappa shape index (κ2) is 6.55. The molecule has 0 bridgehead atoms. The van der Waals surface area contributed by atoms with Crippen molar-refractivity contribution in [3.8, 4) is 11.5 Å². The molecule has 2 nitrogen and oxygen atoms in total. The fraction of sp³-hybridized carbons (Fsp3) is 0.579. The Morgan fingerprint density at radius 3 is 2.62 bits per heavy atom. The summed E-state index contributed by atoms with van der Waals surface area (Å²) in [7, 11) is 0. The van der Waals surface area contributed by atoms with Gasteiger partial charge in [-0.2, -0.15) is 0 Å². The highest BCUT2D eigenvalue weighted by Crippen LogP contribution is 2.48. The quantitative estimate of drug-likeness (QED) is 0.435. The van der Waals surface area contributed by atoms with Gasteiger partial charge in [0.25, 0.3) is 0 Å². The Morgan fingerprint density at radius 1 is 1.24 bits per heavy atom. The minimum absolute atomic E-state index is 0.0609. The highest BCUT2D eigenvalue weighted by molar-refractivity contribution is 5.56. The lowest BCUT2D eigenvalue weighted by molar-refractivity contribution is 0.380. The van der Waals surface area contributed by atoms with Crippen LogP contribution >= 0.6 is 0 Å². The molecular weight excluding hydrogens is 260 g/mol. The first-order chi connectivity index (χ1) is 9.91. The van der Waals surface area contributed by atoms with Crippen molar-refractivity contribution in [1.82, 2.24) is 0 Å². The molecular formula is C19H28O2. The first-order valence-corrected chi connectivity index (χ1v) is 8.10. The molecule has 0 spiro atoms. The molecule has 0 unspecified atom stereocenters. The Balaban J connectivity index is 2.21. The molecule has 0 fully saturated rings. The lowest BCUT2D eigenvalue weighted by Crippen LogP contribution is -2.13. The van der Waals surface area contributed by atoms with Crippen molar-refractivity contribution in [3.05, 3.63) is 34.4 Å². The smallest absolute Gasteiger partial charge is 0.161 e. The lowest BCUT2D eigenvalue weighted by Gasteiger charge is -2.31. The second-order valence-electron chi connectivity index (χ2n) is 6.78. The second-order valence-corrected chi connectivity index (χ2v) is 6.78. The van der Waals surface area contributed by atoms with E-state index >= 15 is 0 Å². The molecule has 21 heavy (non-hydrogen) atoms. The highest BCUT2D eigenvalue weighted by Gasteiger charge is 2.29. The first kappa shape index (κ1) is 15.9. The van der Waals surface area contributed by atoms with Crippen LogP contribution in [-0.4, -0.2) is 10.2 Å². The number of aromatic hydroxyl groups is 2. The van der Waals surface area contributed by atoms with E-state index in [2.05, 4.69) is 32.9 Å². The maximum Gasteiger partial charge on any atom is 0.161 e. The number of allylic oxidation sites excluding steroid dienone is 2. The van der Waals surface area contributed by atoms with Gasteiger partial charge in [0.15, 0.2) is 11.5 Å². The Bertz CT molecular complexity index is 539. The van der Waals surface area contributed by atoms with E-state index in [0.717, 1.165) is 30.4 Å². The molecule has 2 N–H and O–H groups in total. The fourth-order valence-electron chi connectivity index (χ4n) is 3.49. The summed E-state index contributed by atoms with van der Waals surface area (Å²) in [4.78, 5) is 0. The van der Waals surface area contributed by atoms with E-state index in [1.165, 1.54) is 24.0 Å². The molecule has 0 saturated heterocycles. The molecule has 116 valence electrons. The Labute approximate surface area is 128 Å². The minimum atomic E-state index is 0.0609. The lowest BCUT2D eigenvalue weighted by atomic mass is 9.74. The summed E-state index contributed by atoms with van der Waals surface area (Å²) in [6.45, 7) is 8.30. The van der Waals surface area contributed by atoms with Crippen LogP contribution in [0, 0.1) is 6.92 Å². The zero-order valence-electron chi connectivity index (χ0n) is 13.7. The number of unbranched alkanes of at least 4 members (excludes halogenated alkanes) is 1. The normalized spacial score (nSPS) is 21.0. The molecule has 0 aliphatic heterocycles. The van der Waals surface area contributed by atoms with Gasteiger partial charge in [-0.25, -0.2) is 0 Å². The van der Waals surface area contributed by atoms with Gasteiger partial charge in [-0.05, 0) is 75.8 Å². The SMILES string of the molecule is CC(C)=CCCC[C@H]1CC[C@H](C)c2c1cc(C)c(O)c2O. The summed E-state index contributed by atoms with van der Waals surface area (Å²) in [5, 5.41) is 20.3. The minimum Gasteiger partial charge on any atom is -0.504 e. The van der Waals surface area contributed by atoms with Crippen LogP contribution in [0.5, 0.6) is 11.5 Å². The monoisotopic (exact) mass is 288 g/mol. The summed E-state index contributed by atoms with van der Waals surface area (Å²) < 4.78 is 0. The van der Waals surface area contributed by atoms with Crippen LogP contribution in [0.4, 0.5) is 0 Å². The standard InChI is InChI=1S/C19H28O2/c1-12(2)7-5-6-8-15-10-9-13(3)17-16(15)11-14(4)18(20)19(17)21/h7,11,13,15,20-21H,5-6,8-10H2,1-4H3/t13-,15-/m0/s1. The number of aryl methyl sites for hydroxylation is 1. The number of phenols is 2. The Hall–Kier alpha value is -1.44. The molecule has 1 aromatic rings. The third kappa shape index (κ3) is 3.42. The van der Waals surface area contributed by atoms with E-state index in [1.807, 2.05) is 6.92 Å². The largest absolute Gasteiger partial charge is 0.504 e. The van der Waals surface area contributed by atoms with E-state index in [1.54, 1.807) is 0 Å². The third-order valence-corrected chi connectivity index (χ3v) is 4.73. The summed E-state index contributed by atoms with van der Waals surface area (Å²) >= 11 is 0. The van der Waals surface area contributed by atoms with Crippen LogP contribution in [0.1, 0.15) is 81.4 Å². The molecule has 0 radical (unpaired) electrons. The number of phenolic OH excluding ortho intramolecular Hbond substituents is 2. The zero-order chi connectivity index (χ0) is 15.6. The van der Waals surface area contributed by atoms with Gasteiger partial charge in [0.2, 0.25) is 0 Å². The Kier molecular flexibility index (Phi) is 4.97. The molecule has 0 heterocycles. The molecule has 2 rings (SSSR count). The van der Waals surface area contributed by atoms with Crippen LogP contribution in [0.25, 0.3) is 0 Å².